The Labute approximate surface area is 173 Å². The Hall–Kier alpha value is -3.16. The lowest BCUT2D eigenvalue weighted by molar-refractivity contribution is -0.137. The van der Waals surface area contributed by atoms with Crippen molar-refractivity contribution in [3.63, 3.8) is 0 Å². The Morgan fingerprint density at radius 3 is 2.39 bits per heavy atom. The van der Waals surface area contributed by atoms with E-state index in [1.807, 2.05) is 0 Å². The molecule has 0 unspecified atom stereocenters. The van der Waals surface area contributed by atoms with Crippen LogP contribution in [-0.4, -0.2) is 52.9 Å². The van der Waals surface area contributed by atoms with Gasteiger partial charge in [0.2, 0.25) is 0 Å². The molecule has 2 aromatic carbocycles. The molecule has 0 bridgehead atoms. The first-order chi connectivity index (χ1) is 14.5. The Bertz CT molecular complexity index is 1020. The second-order valence-corrected chi connectivity index (χ2v) is 6.76. The summed E-state index contributed by atoms with van der Waals surface area (Å²) in [6.07, 6.45) is -6.99. The van der Waals surface area contributed by atoms with Crippen LogP contribution in [0.15, 0.2) is 42.5 Å². The van der Waals surface area contributed by atoms with E-state index in [1.54, 1.807) is 0 Å². The van der Waals surface area contributed by atoms with Gasteiger partial charge < -0.3 is 19.8 Å². The van der Waals surface area contributed by atoms with E-state index in [0.717, 1.165) is 23.1 Å². The van der Waals surface area contributed by atoms with Crippen LogP contribution >= 0.6 is 0 Å². The molecule has 2 N–H and O–H groups in total. The van der Waals surface area contributed by atoms with Gasteiger partial charge in [0.25, 0.3) is 5.91 Å². The van der Waals surface area contributed by atoms with Crippen molar-refractivity contribution in [2.45, 2.75) is 25.0 Å². The zero-order valence-corrected chi connectivity index (χ0v) is 15.7. The molecule has 0 spiro atoms. The standard InChI is InChI=1S/C21H16F5NO4/c22-20(23)31-14-3-1-2-13(9-14)15-6-4-12(8-16(15)21(24,25)26)5-7-19(30)27-10-17(28)18(29)11-27/h1-4,6,8-9,17-18,20,28-29H,10-11H2/t17-,18-/m1/s1. The molecule has 2 atom stereocenters. The number of aliphatic hydroxyl groups excluding tert-OH is 2. The molecule has 1 heterocycles. The maximum absolute atomic E-state index is 13.6. The molecule has 0 aliphatic carbocycles. The number of hydrogen-bond acceptors (Lipinski definition) is 4. The maximum atomic E-state index is 13.6. The zero-order valence-electron chi connectivity index (χ0n) is 15.7. The van der Waals surface area contributed by atoms with Crippen molar-refractivity contribution in [1.29, 1.82) is 0 Å². The van der Waals surface area contributed by atoms with Crippen LogP contribution in [0.1, 0.15) is 11.1 Å². The molecule has 31 heavy (non-hydrogen) atoms. The number of nitrogens with zero attached hydrogens (tertiary/aromatic N) is 1. The average molecular weight is 441 g/mol. The van der Waals surface area contributed by atoms with E-state index in [0.29, 0.717) is 0 Å². The summed E-state index contributed by atoms with van der Waals surface area (Å²) >= 11 is 0. The minimum absolute atomic E-state index is 0.0149. The molecule has 5 nitrogen and oxygen atoms in total. The summed E-state index contributed by atoms with van der Waals surface area (Å²) in [5.41, 5.74) is -1.41. The van der Waals surface area contributed by atoms with Crippen molar-refractivity contribution >= 4 is 5.91 Å². The van der Waals surface area contributed by atoms with E-state index < -0.39 is 36.5 Å². The second-order valence-electron chi connectivity index (χ2n) is 6.76. The van der Waals surface area contributed by atoms with Gasteiger partial charge in [0, 0.05) is 11.5 Å². The molecule has 1 aliphatic rings. The van der Waals surface area contributed by atoms with Crippen molar-refractivity contribution in [2.75, 3.05) is 13.1 Å². The van der Waals surface area contributed by atoms with Gasteiger partial charge in [-0.1, -0.05) is 24.1 Å². The number of carbonyl (C=O) groups is 1. The van der Waals surface area contributed by atoms with E-state index in [4.69, 9.17) is 0 Å². The molecule has 1 aliphatic heterocycles. The van der Waals surface area contributed by atoms with Gasteiger partial charge in [-0.2, -0.15) is 22.0 Å². The van der Waals surface area contributed by atoms with Crippen LogP contribution in [-0.2, 0) is 11.0 Å². The van der Waals surface area contributed by atoms with Gasteiger partial charge in [-0.3, -0.25) is 4.79 Å². The Morgan fingerprint density at radius 1 is 1.10 bits per heavy atom. The predicted molar refractivity (Wildman–Crippen MR) is 99.0 cm³/mol. The topological polar surface area (TPSA) is 70.0 Å². The SMILES string of the molecule is O=C(C#Cc1ccc(-c2cccc(OC(F)F)c2)c(C(F)(F)F)c1)N1C[C@@H](O)[C@H](O)C1. The van der Waals surface area contributed by atoms with E-state index in [9.17, 15) is 37.0 Å². The fourth-order valence-electron chi connectivity index (χ4n) is 3.09. The van der Waals surface area contributed by atoms with Gasteiger partial charge in [0.05, 0.1) is 30.9 Å². The number of hydrogen-bond donors (Lipinski definition) is 2. The molecule has 0 aromatic heterocycles. The summed E-state index contributed by atoms with van der Waals surface area (Å²) in [6, 6.07) is 8.02. The van der Waals surface area contributed by atoms with E-state index >= 15 is 0 Å². The monoisotopic (exact) mass is 441 g/mol. The number of β-amino-alcohol motifs (C(OH)–C–C–N with tert-alkyl or cyclic N) is 2. The van der Waals surface area contributed by atoms with E-state index in [2.05, 4.69) is 16.6 Å². The van der Waals surface area contributed by atoms with Crippen molar-refractivity contribution < 1.29 is 41.7 Å². The van der Waals surface area contributed by atoms with E-state index in [-0.39, 0.29) is 35.5 Å². The highest BCUT2D eigenvalue weighted by atomic mass is 19.4. The number of carbonyl (C=O) groups excluding carboxylic acids is 1. The Balaban J connectivity index is 1.91. The highest BCUT2D eigenvalue weighted by Crippen LogP contribution is 2.38. The third-order valence-electron chi connectivity index (χ3n) is 4.56. The molecule has 1 saturated heterocycles. The lowest BCUT2D eigenvalue weighted by atomic mass is 9.97. The molecule has 164 valence electrons. The summed E-state index contributed by atoms with van der Waals surface area (Å²) in [4.78, 5) is 13.1. The number of alkyl halides is 5. The smallest absolute Gasteiger partial charge is 0.417 e. The van der Waals surface area contributed by atoms with Gasteiger partial charge in [-0.15, -0.1) is 0 Å². The van der Waals surface area contributed by atoms with Crippen molar-refractivity contribution in [3.05, 3.63) is 53.6 Å². The first-order valence-electron chi connectivity index (χ1n) is 8.98. The molecule has 0 radical (unpaired) electrons. The van der Waals surface area contributed by atoms with Gasteiger partial charge >= 0.3 is 12.8 Å². The predicted octanol–water partition coefficient (Wildman–Crippen LogP) is 2.89. The summed E-state index contributed by atoms with van der Waals surface area (Å²) in [5.74, 6) is 3.51. The van der Waals surface area contributed by atoms with Crippen LogP contribution in [0.4, 0.5) is 22.0 Å². The van der Waals surface area contributed by atoms with Gasteiger partial charge in [-0.25, -0.2) is 0 Å². The number of likely N-dealkylation sites (tertiary alicyclic amines) is 1. The third kappa shape index (κ3) is 5.51. The Kier molecular flexibility index (Phi) is 6.48. The maximum Gasteiger partial charge on any atom is 0.417 e. The third-order valence-corrected chi connectivity index (χ3v) is 4.56. The minimum atomic E-state index is -4.78. The normalized spacial score (nSPS) is 18.6. The summed E-state index contributed by atoms with van der Waals surface area (Å²) < 4.78 is 69.9. The summed E-state index contributed by atoms with van der Waals surface area (Å²) in [7, 11) is 0. The van der Waals surface area contributed by atoms with Gasteiger partial charge in [0.1, 0.15) is 5.75 Å². The highest BCUT2D eigenvalue weighted by Gasteiger charge is 2.34. The average Bonchev–Trinajstić information content (AvgIpc) is 3.03. The van der Waals surface area contributed by atoms with E-state index in [1.165, 1.54) is 24.3 Å². The van der Waals surface area contributed by atoms with Gasteiger partial charge in [-0.05, 0) is 35.4 Å². The largest absolute Gasteiger partial charge is 0.435 e. The fourth-order valence-corrected chi connectivity index (χ4v) is 3.09. The first kappa shape index (κ1) is 22.5. The number of aliphatic hydroxyl groups is 2. The second kappa shape index (κ2) is 8.91. The van der Waals surface area contributed by atoms with Crippen LogP contribution in [0.5, 0.6) is 5.75 Å². The number of amides is 1. The molecule has 2 aromatic rings. The number of benzene rings is 2. The van der Waals surface area contributed by atoms with Crippen LogP contribution < -0.4 is 4.74 Å². The van der Waals surface area contributed by atoms with Crippen LogP contribution in [0.2, 0.25) is 0 Å². The van der Waals surface area contributed by atoms with Crippen molar-refractivity contribution in [3.8, 4) is 28.7 Å². The number of halogens is 5. The van der Waals surface area contributed by atoms with Crippen LogP contribution in [0, 0.1) is 11.8 Å². The quantitative estimate of drug-likeness (QED) is 0.568. The molecular weight excluding hydrogens is 425 g/mol. The zero-order chi connectivity index (χ0) is 22.8. The Morgan fingerprint density at radius 2 is 1.77 bits per heavy atom. The molecule has 10 heteroatoms. The molecule has 1 amide bonds. The molecular formula is C21H16F5NO4. The van der Waals surface area contributed by atoms with Crippen LogP contribution in [0.25, 0.3) is 11.1 Å². The highest BCUT2D eigenvalue weighted by molar-refractivity contribution is 5.94. The number of ether oxygens (including phenoxy) is 1. The molecule has 1 fully saturated rings. The fraction of sp³-hybridized carbons (Fsp3) is 0.286. The molecule has 3 rings (SSSR count). The lowest BCUT2D eigenvalue weighted by Gasteiger charge is -2.14. The first-order valence-corrected chi connectivity index (χ1v) is 8.98. The van der Waals surface area contributed by atoms with Crippen LogP contribution in [0.3, 0.4) is 0 Å². The summed E-state index contributed by atoms with van der Waals surface area (Å²) in [5, 5.41) is 18.9. The van der Waals surface area contributed by atoms with Crippen molar-refractivity contribution in [1.82, 2.24) is 4.90 Å². The lowest BCUT2D eigenvalue weighted by Crippen LogP contribution is -2.28. The number of rotatable bonds is 3. The molecule has 0 saturated carbocycles. The van der Waals surface area contributed by atoms with Gasteiger partial charge in [0.15, 0.2) is 0 Å². The summed E-state index contributed by atoms with van der Waals surface area (Å²) in [6.45, 7) is -3.37. The van der Waals surface area contributed by atoms with Crippen molar-refractivity contribution in [2.24, 2.45) is 0 Å². The minimum Gasteiger partial charge on any atom is -0.435 e.